The van der Waals surface area contributed by atoms with E-state index in [9.17, 15) is 4.79 Å². The van der Waals surface area contributed by atoms with Gasteiger partial charge in [0.15, 0.2) is 0 Å². The van der Waals surface area contributed by atoms with Gasteiger partial charge in [-0.3, -0.25) is 4.79 Å². The molecule has 0 bridgehead atoms. The Bertz CT molecular complexity index is 85.9. The Morgan fingerprint density at radius 3 is 2.89 bits per heavy atom. The van der Waals surface area contributed by atoms with Crippen LogP contribution in [0.4, 0.5) is 0 Å². The zero-order chi connectivity index (χ0) is 7.11. The maximum Gasteiger partial charge on any atom is 0.318 e. The molecule has 0 aromatic rings. The lowest BCUT2D eigenvalue weighted by Crippen LogP contribution is -1.98. The number of hydrogen-bond acceptors (Lipinski definition) is 5. The third-order valence-corrected chi connectivity index (χ3v) is 1.31. The summed E-state index contributed by atoms with van der Waals surface area (Å²) in [5.74, 6) is 0.114. The summed E-state index contributed by atoms with van der Waals surface area (Å²) in [6, 6.07) is 0. The molecule has 0 spiro atoms. The van der Waals surface area contributed by atoms with Crippen molar-refractivity contribution in [2.45, 2.75) is 6.42 Å². The van der Waals surface area contributed by atoms with Gasteiger partial charge in [0.25, 0.3) is 0 Å². The van der Waals surface area contributed by atoms with E-state index in [1.54, 1.807) is 6.26 Å². The van der Waals surface area contributed by atoms with Crippen LogP contribution >= 0.6 is 24.1 Å². The Morgan fingerprint density at radius 2 is 2.44 bits per heavy atom. The molecule has 0 aromatic carbocycles. The molecule has 0 fully saturated rings. The summed E-state index contributed by atoms with van der Waals surface area (Å²) >= 11 is 1.67. The minimum atomic E-state index is -0.288. The van der Waals surface area contributed by atoms with E-state index in [2.05, 4.69) is 4.18 Å². The first-order valence-electron chi connectivity index (χ1n) is 2.31. The van der Waals surface area contributed by atoms with Crippen molar-refractivity contribution in [1.29, 1.82) is 0 Å². The molecular weight excluding hydrogens is 160 g/mol. The number of carbonyl (C=O) groups is 1. The fourth-order valence-corrected chi connectivity index (χ4v) is 0.791. The molecule has 0 aliphatic carbocycles. The molecule has 0 saturated heterocycles. The van der Waals surface area contributed by atoms with E-state index >= 15 is 0 Å². The summed E-state index contributed by atoms with van der Waals surface area (Å²) in [5, 5.41) is 0. The smallest absolute Gasteiger partial charge is 0.318 e. The van der Waals surface area contributed by atoms with E-state index in [0.717, 1.165) is 12.0 Å². The average molecular weight is 168 g/mol. The fraction of sp³-hybridized carbons (Fsp3) is 0.750. The molecule has 5 heteroatoms. The molecule has 0 atom stereocenters. The van der Waals surface area contributed by atoms with E-state index < -0.39 is 0 Å². The minimum absolute atomic E-state index is 0.266. The van der Waals surface area contributed by atoms with Crippen LogP contribution in [-0.4, -0.2) is 22.5 Å². The molecule has 0 rings (SSSR count). The van der Waals surface area contributed by atoms with Crippen molar-refractivity contribution in [2.75, 3.05) is 12.0 Å². The van der Waals surface area contributed by atoms with Gasteiger partial charge in [-0.2, -0.15) is 0 Å². The van der Waals surface area contributed by atoms with Crippen LogP contribution in [0.5, 0.6) is 0 Å². The second-order valence-corrected chi connectivity index (χ2v) is 2.37. The molecule has 0 saturated carbocycles. The maximum atomic E-state index is 10.4. The van der Waals surface area contributed by atoms with Crippen LogP contribution in [-0.2, 0) is 8.98 Å². The second-order valence-electron chi connectivity index (χ2n) is 1.21. The van der Waals surface area contributed by atoms with Crippen LogP contribution in [0.15, 0.2) is 0 Å². The topological polar surface area (TPSA) is 46.5 Å². The van der Waals surface area contributed by atoms with Gasteiger partial charge in [-0.25, -0.2) is 0 Å². The first-order valence-corrected chi connectivity index (χ1v) is 4.40. The van der Waals surface area contributed by atoms with Crippen molar-refractivity contribution in [3.05, 3.63) is 0 Å². The highest BCUT2D eigenvalue weighted by molar-refractivity contribution is 7.94. The van der Waals surface area contributed by atoms with Crippen molar-refractivity contribution in [3.8, 4) is 0 Å². The molecule has 0 aromatic heterocycles. The first kappa shape index (κ1) is 9.13. The Balaban J connectivity index is 3.06. The van der Waals surface area contributed by atoms with Gasteiger partial charge in [0, 0.05) is 12.0 Å². The highest BCUT2D eigenvalue weighted by atomic mass is 32.2. The van der Waals surface area contributed by atoms with Crippen LogP contribution < -0.4 is 0 Å². The summed E-state index contributed by atoms with van der Waals surface area (Å²) in [6.07, 6.45) is 1.94. The molecule has 0 radical (unpaired) electrons. The number of rotatable bonds is 4. The Kier molecular flexibility index (Phi) is 6.34. The quantitative estimate of drug-likeness (QED) is 0.643. The molecule has 0 unspecified atom stereocenters. The number of hydrogen-bond donors (Lipinski definition) is 1. The lowest BCUT2D eigenvalue weighted by molar-refractivity contribution is -0.132. The number of carbonyl (C=O) groups excluding carboxylic acids is 1. The van der Waals surface area contributed by atoms with Crippen molar-refractivity contribution in [3.63, 3.8) is 0 Å². The van der Waals surface area contributed by atoms with Gasteiger partial charge in [0.1, 0.15) is 0 Å². The van der Waals surface area contributed by atoms with Gasteiger partial charge in [-0.1, -0.05) is 0 Å². The Labute approximate surface area is 62.6 Å². The van der Waals surface area contributed by atoms with Gasteiger partial charge in [-0.15, -0.1) is 0 Å². The van der Waals surface area contributed by atoms with E-state index in [-0.39, 0.29) is 12.4 Å². The zero-order valence-corrected chi connectivity index (χ0v) is 6.63. The predicted molar refractivity (Wildman–Crippen MR) is 39.3 cm³/mol. The normalized spacial score (nSPS) is 9.11. The van der Waals surface area contributed by atoms with Crippen LogP contribution in [0.25, 0.3) is 0 Å². The molecule has 1 N–H and O–H groups in total. The third-order valence-electron chi connectivity index (χ3n) is 0.574. The van der Waals surface area contributed by atoms with Crippen LogP contribution in [0.2, 0.25) is 0 Å². The van der Waals surface area contributed by atoms with Crippen molar-refractivity contribution in [1.82, 2.24) is 0 Å². The molecule has 0 aliphatic rings. The highest BCUT2D eigenvalue weighted by Crippen LogP contribution is 2.01. The summed E-state index contributed by atoms with van der Waals surface area (Å²) < 4.78 is 12.7. The standard InChI is InChI=1S/C4H8O3S2/c1-8-7-4(5)2-3-9-6/h6H,2-3H2,1H3. The Morgan fingerprint density at radius 1 is 1.78 bits per heavy atom. The minimum Gasteiger partial charge on any atom is -0.392 e. The molecule has 0 aliphatic heterocycles. The summed E-state index contributed by atoms with van der Waals surface area (Å²) in [7, 11) is 0. The third kappa shape index (κ3) is 6.01. The predicted octanol–water partition coefficient (Wildman–Crippen LogP) is 1.40. The lowest BCUT2D eigenvalue weighted by Gasteiger charge is -1.95. The lowest BCUT2D eigenvalue weighted by atomic mass is 10.5. The fourth-order valence-electron chi connectivity index (χ4n) is 0.264. The van der Waals surface area contributed by atoms with Gasteiger partial charge in [0.2, 0.25) is 0 Å². The van der Waals surface area contributed by atoms with Crippen LogP contribution in [0, 0.1) is 0 Å². The molecule has 0 heterocycles. The van der Waals surface area contributed by atoms with Crippen LogP contribution in [0.3, 0.4) is 0 Å². The molecule has 54 valence electrons. The summed E-state index contributed by atoms with van der Waals surface area (Å²) in [5.41, 5.74) is 0. The first-order chi connectivity index (χ1) is 4.31. The second kappa shape index (κ2) is 6.25. The maximum absolute atomic E-state index is 10.4. The highest BCUT2D eigenvalue weighted by Gasteiger charge is 1.99. The summed E-state index contributed by atoms with van der Waals surface area (Å²) in [6.45, 7) is 0. The average Bonchev–Trinajstić information content (AvgIpc) is 1.85. The van der Waals surface area contributed by atoms with Crippen LogP contribution in [0.1, 0.15) is 6.42 Å². The van der Waals surface area contributed by atoms with Crippen molar-refractivity contribution >= 4 is 30.1 Å². The largest absolute Gasteiger partial charge is 0.392 e. The molecule has 0 amide bonds. The SMILES string of the molecule is CSOC(=O)CCSO. The van der Waals surface area contributed by atoms with Gasteiger partial charge < -0.3 is 8.74 Å². The van der Waals surface area contributed by atoms with E-state index in [1.165, 1.54) is 0 Å². The van der Waals surface area contributed by atoms with E-state index in [4.69, 9.17) is 4.55 Å². The van der Waals surface area contributed by atoms with E-state index in [0.29, 0.717) is 17.8 Å². The zero-order valence-electron chi connectivity index (χ0n) is 4.99. The van der Waals surface area contributed by atoms with E-state index in [1.807, 2.05) is 0 Å². The molecular formula is C4H8O3S2. The van der Waals surface area contributed by atoms with Gasteiger partial charge >= 0.3 is 5.97 Å². The monoisotopic (exact) mass is 168 g/mol. The molecule has 3 nitrogen and oxygen atoms in total. The van der Waals surface area contributed by atoms with Gasteiger partial charge in [0.05, 0.1) is 18.5 Å². The van der Waals surface area contributed by atoms with Gasteiger partial charge in [-0.05, 0) is 12.0 Å². The summed E-state index contributed by atoms with van der Waals surface area (Å²) in [4.78, 5) is 10.4. The Hall–Kier alpha value is 0.130. The van der Waals surface area contributed by atoms with Crippen molar-refractivity contribution < 1.29 is 13.5 Å². The molecule has 9 heavy (non-hydrogen) atoms. The van der Waals surface area contributed by atoms with Crippen molar-refractivity contribution in [2.24, 2.45) is 0 Å².